The first-order valence-corrected chi connectivity index (χ1v) is 6.85. The first kappa shape index (κ1) is 12.9. The Morgan fingerprint density at radius 1 is 1.33 bits per heavy atom. The third-order valence-corrected chi connectivity index (χ3v) is 4.01. The predicted molar refractivity (Wildman–Crippen MR) is 68.4 cm³/mol. The third kappa shape index (κ3) is 2.47. The van der Waals surface area contributed by atoms with Gasteiger partial charge in [0.25, 0.3) is 10.1 Å². The van der Waals surface area contributed by atoms with Crippen LogP contribution in [0.25, 0.3) is 5.57 Å². The predicted octanol–water partition coefficient (Wildman–Crippen LogP) is 2.26. The van der Waals surface area contributed by atoms with Crippen LogP contribution in [0.4, 0.5) is 0 Å². The van der Waals surface area contributed by atoms with E-state index in [1.165, 1.54) is 0 Å². The summed E-state index contributed by atoms with van der Waals surface area (Å²) in [6, 6.07) is 5.14. The minimum absolute atomic E-state index is 0.174. The van der Waals surface area contributed by atoms with Gasteiger partial charge in [-0.2, -0.15) is 8.42 Å². The van der Waals surface area contributed by atoms with E-state index < -0.39 is 10.1 Å². The van der Waals surface area contributed by atoms with Crippen LogP contribution in [0.3, 0.4) is 0 Å². The van der Waals surface area contributed by atoms with Crippen molar-refractivity contribution in [1.82, 2.24) is 0 Å². The highest BCUT2D eigenvalue weighted by Gasteiger charge is 2.20. The van der Waals surface area contributed by atoms with Gasteiger partial charge in [-0.05, 0) is 30.7 Å². The molecule has 1 aliphatic heterocycles. The topological polar surface area (TPSA) is 52.6 Å². The molecule has 0 unspecified atom stereocenters. The first-order chi connectivity index (χ1) is 8.54. The normalized spacial score (nSPS) is 15.1. The summed E-state index contributed by atoms with van der Waals surface area (Å²) in [5, 5.41) is 0. The van der Waals surface area contributed by atoms with Gasteiger partial charge in [0, 0.05) is 5.56 Å². The van der Waals surface area contributed by atoms with Crippen molar-refractivity contribution in [3.05, 3.63) is 47.7 Å². The number of hydrogen-bond acceptors (Lipinski definition) is 4. The Bertz CT molecular complexity index is 612. The zero-order valence-electron chi connectivity index (χ0n) is 10.2. The lowest BCUT2D eigenvalue weighted by Crippen LogP contribution is -2.07. The molecule has 1 aromatic carbocycles. The minimum Gasteiger partial charge on any atom is -0.497 e. The maximum absolute atomic E-state index is 11.9. The largest absolute Gasteiger partial charge is 0.497 e. The molecule has 0 bridgehead atoms. The molecule has 0 radical (unpaired) electrons. The van der Waals surface area contributed by atoms with Crippen molar-refractivity contribution < 1.29 is 17.3 Å². The minimum atomic E-state index is -3.71. The highest BCUT2D eigenvalue weighted by molar-refractivity contribution is 7.86. The molecule has 0 atom stereocenters. The highest BCUT2D eigenvalue weighted by Crippen LogP contribution is 2.28. The number of benzene rings is 1. The van der Waals surface area contributed by atoms with Gasteiger partial charge in [0.2, 0.25) is 0 Å². The Balaban J connectivity index is 2.62. The number of ether oxygens (including phenoxy) is 1. The van der Waals surface area contributed by atoms with Crippen molar-refractivity contribution in [2.24, 2.45) is 0 Å². The molecule has 1 aromatic rings. The molecule has 0 aromatic heterocycles. The van der Waals surface area contributed by atoms with Crippen molar-refractivity contribution in [2.75, 3.05) is 13.7 Å². The lowest BCUT2D eigenvalue weighted by Gasteiger charge is -2.13. The van der Waals surface area contributed by atoms with E-state index in [9.17, 15) is 8.42 Å². The van der Waals surface area contributed by atoms with E-state index in [1.54, 1.807) is 24.5 Å². The van der Waals surface area contributed by atoms with Crippen LogP contribution in [-0.4, -0.2) is 22.1 Å². The van der Waals surface area contributed by atoms with Gasteiger partial charge >= 0.3 is 0 Å². The fraction of sp³-hybridized carbons (Fsp3) is 0.231. The van der Waals surface area contributed by atoms with Crippen LogP contribution >= 0.6 is 0 Å². The van der Waals surface area contributed by atoms with Gasteiger partial charge in [0.1, 0.15) is 11.5 Å². The quantitative estimate of drug-likeness (QED) is 0.787. The summed E-state index contributed by atoms with van der Waals surface area (Å²) in [6.45, 7) is 2.35. The zero-order chi connectivity index (χ0) is 13.2. The molecule has 18 heavy (non-hydrogen) atoms. The monoisotopic (exact) mass is 266 g/mol. The van der Waals surface area contributed by atoms with Gasteiger partial charge in [0.05, 0.1) is 13.4 Å². The molecule has 0 saturated heterocycles. The summed E-state index contributed by atoms with van der Waals surface area (Å²) in [5.74, 6) is 0. The SMILES string of the molecule is COS(=O)(=O)c1ccc(C)cc1C1=CCOC=C1. The molecule has 5 heteroatoms. The van der Waals surface area contributed by atoms with Crippen LogP contribution < -0.4 is 0 Å². The van der Waals surface area contributed by atoms with Crippen molar-refractivity contribution in [3.8, 4) is 0 Å². The van der Waals surface area contributed by atoms with Gasteiger partial charge in [-0.15, -0.1) is 0 Å². The fourth-order valence-electron chi connectivity index (χ4n) is 1.76. The molecule has 1 heterocycles. The maximum atomic E-state index is 11.9. The van der Waals surface area contributed by atoms with E-state index >= 15 is 0 Å². The summed E-state index contributed by atoms with van der Waals surface area (Å²) in [4.78, 5) is 0.174. The summed E-state index contributed by atoms with van der Waals surface area (Å²) >= 11 is 0. The zero-order valence-corrected chi connectivity index (χ0v) is 11.0. The highest BCUT2D eigenvalue weighted by atomic mass is 32.2. The summed E-state index contributed by atoms with van der Waals surface area (Å²) in [6.07, 6.45) is 5.14. The molecular formula is C13H14O4S. The lowest BCUT2D eigenvalue weighted by molar-refractivity contribution is 0.287. The molecule has 0 fully saturated rings. The molecule has 1 aliphatic rings. The Morgan fingerprint density at radius 3 is 2.72 bits per heavy atom. The third-order valence-electron chi connectivity index (χ3n) is 2.68. The molecule has 96 valence electrons. The van der Waals surface area contributed by atoms with Crippen LogP contribution in [0.1, 0.15) is 11.1 Å². The van der Waals surface area contributed by atoms with Crippen molar-refractivity contribution in [2.45, 2.75) is 11.8 Å². The molecule has 2 rings (SSSR count). The van der Waals surface area contributed by atoms with E-state index in [1.807, 2.05) is 19.1 Å². The molecule has 0 N–H and O–H groups in total. The smallest absolute Gasteiger partial charge is 0.297 e. The number of aryl methyl sites for hydroxylation is 1. The number of hydrogen-bond donors (Lipinski definition) is 0. The second kappa shape index (κ2) is 4.96. The number of rotatable bonds is 3. The molecule has 4 nitrogen and oxygen atoms in total. The van der Waals surface area contributed by atoms with Gasteiger partial charge in [-0.1, -0.05) is 17.7 Å². The Morgan fingerprint density at radius 2 is 2.11 bits per heavy atom. The maximum Gasteiger partial charge on any atom is 0.297 e. The molecule has 0 saturated carbocycles. The van der Waals surface area contributed by atoms with Crippen molar-refractivity contribution >= 4 is 15.7 Å². The van der Waals surface area contributed by atoms with Gasteiger partial charge in [0.15, 0.2) is 0 Å². The van der Waals surface area contributed by atoms with Crippen LogP contribution in [0.5, 0.6) is 0 Å². The second-order valence-electron chi connectivity index (χ2n) is 3.92. The Hall–Kier alpha value is -1.59. The average Bonchev–Trinajstić information content (AvgIpc) is 2.39. The fourth-order valence-corrected chi connectivity index (χ4v) is 2.62. The van der Waals surface area contributed by atoms with Gasteiger partial charge < -0.3 is 4.74 Å². The summed E-state index contributed by atoms with van der Waals surface area (Å²) in [5.41, 5.74) is 2.44. The van der Waals surface area contributed by atoms with E-state index in [0.717, 1.165) is 18.2 Å². The van der Waals surface area contributed by atoms with Crippen molar-refractivity contribution in [3.63, 3.8) is 0 Å². The van der Waals surface area contributed by atoms with E-state index in [2.05, 4.69) is 4.18 Å². The lowest BCUT2D eigenvalue weighted by atomic mass is 10.0. The molecular weight excluding hydrogens is 252 g/mol. The summed E-state index contributed by atoms with van der Waals surface area (Å²) in [7, 11) is -2.55. The van der Waals surface area contributed by atoms with Crippen LogP contribution in [0.15, 0.2) is 41.5 Å². The van der Waals surface area contributed by atoms with E-state index in [4.69, 9.17) is 4.74 Å². The number of allylic oxidation sites excluding steroid dienone is 2. The van der Waals surface area contributed by atoms with Crippen molar-refractivity contribution in [1.29, 1.82) is 0 Å². The van der Waals surface area contributed by atoms with Crippen LogP contribution in [0.2, 0.25) is 0 Å². The van der Waals surface area contributed by atoms with Gasteiger partial charge in [-0.25, -0.2) is 0 Å². The Labute approximate surface area is 107 Å². The first-order valence-electron chi connectivity index (χ1n) is 5.44. The Kier molecular flexibility index (Phi) is 3.54. The summed E-state index contributed by atoms with van der Waals surface area (Å²) < 4.78 is 33.4. The molecule has 0 aliphatic carbocycles. The molecule has 0 spiro atoms. The van der Waals surface area contributed by atoms with Gasteiger partial charge in [-0.3, -0.25) is 4.18 Å². The van der Waals surface area contributed by atoms with E-state index in [-0.39, 0.29) is 4.90 Å². The van der Waals surface area contributed by atoms with E-state index in [0.29, 0.717) is 12.2 Å². The average molecular weight is 266 g/mol. The van der Waals surface area contributed by atoms with Crippen LogP contribution in [0, 0.1) is 6.92 Å². The second-order valence-corrected chi connectivity index (χ2v) is 5.60. The molecule has 0 amide bonds. The van der Waals surface area contributed by atoms with Crippen LogP contribution in [-0.2, 0) is 19.0 Å². The standard InChI is InChI=1S/C13H14O4S/c1-10-3-4-13(18(14,15)16-2)12(9-10)11-5-7-17-8-6-11/h3-7,9H,8H2,1-2H3.